The molecule has 1 amide bonds. The summed E-state index contributed by atoms with van der Waals surface area (Å²) in [5.74, 6) is -0.149. The van der Waals surface area contributed by atoms with Crippen molar-refractivity contribution in [3.63, 3.8) is 0 Å². The Morgan fingerprint density at radius 3 is 2.32 bits per heavy atom. The zero-order chi connectivity index (χ0) is 14.7. The van der Waals surface area contributed by atoms with Crippen LogP contribution in [0.2, 0.25) is 0 Å². The molecule has 0 aromatic carbocycles. The first-order valence-corrected chi connectivity index (χ1v) is 7.07. The number of nitrogens with one attached hydrogen (secondary N) is 1. The van der Waals surface area contributed by atoms with E-state index >= 15 is 0 Å². The van der Waals surface area contributed by atoms with Crippen LogP contribution in [0.1, 0.15) is 53.4 Å². The molecule has 0 aliphatic rings. The van der Waals surface area contributed by atoms with Gasteiger partial charge in [0.15, 0.2) is 0 Å². The van der Waals surface area contributed by atoms with Crippen LogP contribution in [0.4, 0.5) is 4.79 Å². The highest BCUT2D eigenvalue weighted by Crippen LogP contribution is 2.00. The van der Waals surface area contributed by atoms with Crippen LogP contribution in [0.15, 0.2) is 0 Å². The van der Waals surface area contributed by atoms with Crippen molar-refractivity contribution in [1.29, 1.82) is 0 Å². The van der Waals surface area contributed by atoms with Crippen molar-refractivity contribution in [2.24, 2.45) is 5.92 Å². The fraction of sp³-hybridized carbons (Fsp3) is 0.857. The van der Waals surface area contributed by atoms with E-state index in [4.69, 9.17) is 9.47 Å². The van der Waals surface area contributed by atoms with Crippen molar-refractivity contribution in [1.82, 2.24) is 5.32 Å². The summed E-state index contributed by atoms with van der Waals surface area (Å²) >= 11 is 0. The molecule has 0 unspecified atom stereocenters. The molecule has 0 spiro atoms. The molecule has 0 radical (unpaired) electrons. The average Bonchev–Trinajstić information content (AvgIpc) is 2.35. The van der Waals surface area contributed by atoms with Crippen molar-refractivity contribution in [2.75, 3.05) is 13.2 Å². The fourth-order valence-corrected chi connectivity index (χ4v) is 1.35. The predicted molar refractivity (Wildman–Crippen MR) is 73.9 cm³/mol. The largest absolute Gasteiger partial charge is 0.464 e. The second-order valence-electron chi connectivity index (χ2n) is 5.09. The van der Waals surface area contributed by atoms with E-state index in [1.165, 1.54) is 0 Å². The lowest BCUT2D eigenvalue weighted by Crippen LogP contribution is -2.40. The topological polar surface area (TPSA) is 64.6 Å². The van der Waals surface area contributed by atoms with Gasteiger partial charge in [0.25, 0.3) is 0 Å². The highest BCUT2D eigenvalue weighted by molar-refractivity contribution is 5.80. The Labute approximate surface area is 116 Å². The van der Waals surface area contributed by atoms with E-state index in [0.717, 1.165) is 25.7 Å². The third kappa shape index (κ3) is 10.4. The molecular weight excluding hydrogens is 246 g/mol. The zero-order valence-electron chi connectivity index (χ0n) is 12.5. The summed E-state index contributed by atoms with van der Waals surface area (Å²) in [6.07, 6.45) is 3.64. The van der Waals surface area contributed by atoms with Crippen LogP contribution in [-0.2, 0) is 14.3 Å². The molecule has 19 heavy (non-hydrogen) atoms. The summed E-state index contributed by atoms with van der Waals surface area (Å²) in [5.41, 5.74) is 0. The number of carbonyl (C=O) groups excluding carboxylic acids is 2. The van der Waals surface area contributed by atoms with E-state index in [9.17, 15) is 9.59 Å². The Kier molecular flexibility index (Phi) is 9.94. The Hall–Kier alpha value is -1.26. The monoisotopic (exact) mass is 273 g/mol. The number of carbonyl (C=O) groups is 2. The van der Waals surface area contributed by atoms with Crippen molar-refractivity contribution in [3.8, 4) is 0 Å². The van der Waals surface area contributed by atoms with Crippen molar-refractivity contribution >= 4 is 12.1 Å². The molecule has 0 fully saturated rings. The van der Waals surface area contributed by atoms with Crippen LogP contribution >= 0.6 is 0 Å². The summed E-state index contributed by atoms with van der Waals surface area (Å²) in [6.45, 7) is 8.35. The second kappa shape index (κ2) is 10.6. The molecule has 0 saturated carbocycles. The molecule has 5 heteroatoms. The van der Waals surface area contributed by atoms with Crippen LogP contribution in [0.5, 0.6) is 0 Å². The third-order valence-electron chi connectivity index (χ3n) is 2.48. The van der Waals surface area contributed by atoms with E-state index in [0.29, 0.717) is 13.2 Å². The minimum Gasteiger partial charge on any atom is -0.464 e. The highest BCUT2D eigenvalue weighted by Gasteiger charge is 2.17. The summed E-state index contributed by atoms with van der Waals surface area (Å²) in [7, 11) is 0. The Balaban J connectivity index is 3.71. The van der Waals surface area contributed by atoms with Gasteiger partial charge >= 0.3 is 12.1 Å². The van der Waals surface area contributed by atoms with Gasteiger partial charge in [-0.05, 0) is 19.3 Å². The van der Waals surface area contributed by atoms with Crippen molar-refractivity contribution in [2.45, 2.75) is 59.4 Å². The van der Waals surface area contributed by atoms with E-state index in [-0.39, 0.29) is 5.92 Å². The number of hydrogen-bond donors (Lipinski definition) is 1. The van der Waals surface area contributed by atoms with Gasteiger partial charge in [-0.25, -0.2) is 9.59 Å². The number of hydrogen-bond acceptors (Lipinski definition) is 4. The van der Waals surface area contributed by atoms with Gasteiger partial charge in [0, 0.05) is 0 Å². The zero-order valence-corrected chi connectivity index (χ0v) is 12.5. The molecule has 5 nitrogen and oxygen atoms in total. The van der Waals surface area contributed by atoms with E-state index in [1.54, 1.807) is 6.92 Å². The minimum atomic E-state index is -0.675. The molecule has 0 bridgehead atoms. The lowest BCUT2D eigenvalue weighted by molar-refractivity contribution is -0.145. The van der Waals surface area contributed by atoms with Gasteiger partial charge in [-0.3, -0.25) is 0 Å². The predicted octanol–water partition coefficient (Wildman–Crippen LogP) is 2.88. The molecule has 1 atom stereocenters. The number of rotatable bonds is 9. The van der Waals surface area contributed by atoms with Crippen LogP contribution in [0.25, 0.3) is 0 Å². The Bertz CT molecular complexity index is 266. The van der Waals surface area contributed by atoms with Gasteiger partial charge in [-0.15, -0.1) is 0 Å². The molecule has 1 N–H and O–H groups in total. The van der Waals surface area contributed by atoms with E-state index in [2.05, 4.69) is 12.2 Å². The molecular formula is C14H27NO4. The maximum Gasteiger partial charge on any atom is 0.407 e. The summed E-state index contributed by atoms with van der Waals surface area (Å²) in [5, 5.41) is 2.45. The van der Waals surface area contributed by atoms with Crippen LogP contribution in [0, 0.1) is 5.92 Å². The van der Waals surface area contributed by atoms with Crippen molar-refractivity contribution in [3.05, 3.63) is 0 Å². The Morgan fingerprint density at radius 1 is 1.05 bits per heavy atom. The number of ether oxygens (including phenoxy) is 2. The van der Waals surface area contributed by atoms with E-state index < -0.39 is 18.1 Å². The van der Waals surface area contributed by atoms with Crippen LogP contribution < -0.4 is 5.32 Å². The van der Waals surface area contributed by atoms with Gasteiger partial charge in [0.2, 0.25) is 0 Å². The fourth-order valence-electron chi connectivity index (χ4n) is 1.35. The smallest absolute Gasteiger partial charge is 0.407 e. The summed E-state index contributed by atoms with van der Waals surface area (Å²) in [6, 6.07) is -0.675. The van der Waals surface area contributed by atoms with Gasteiger partial charge < -0.3 is 14.8 Å². The lowest BCUT2D eigenvalue weighted by Gasteiger charge is -2.14. The molecule has 112 valence electrons. The van der Waals surface area contributed by atoms with Gasteiger partial charge in [-0.2, -0.15) is 0 Å². The molecule has 0 aromatic heterocycles. The number of unbranched alkanes of at least 4 members (excludes halogenated alkanes) is 3. The molecule has 0 aliphatic carbocycles. The number of alkyl carbamates (subject to hydrolysis) is 1. The van der Waals surface area contributed by atoms with Gasteiger partial charge in [-0.1, -0.05) is 40.0 Å². The number of esters is 1. The first-order valence-electron chi connectivity index (χ1n) is 7.07. The minimum absolute atomic E-state index is 0.270. The Morgan fingerprint density at radius 2 is 1.74 bits per heavy atom. The van der Waals surface area contributed by atoms with E-state index in [1.807, 2.05) is 13.8 Å². The van der Waals surface area contributed by atoms with Crippen LogP contribution in [0.3, 0.4) is 0 Å². The molecule has 0 aromatic rings. The molecule has 0 aliphatic heterocycles. The molecule has 0 saturated heterocycles. The molecule has 0 rings (SSSR count). The maximum atomic E-state index is 11.6. The normalized spacial score (nSPS) is 12.1. The highest BCUT2D eigenvalue weighted by atomic mass is 16.6. The van der Waals surface area contributed by atoms with Crippen LogP contribution in [-0.4, -0.2) is 31.3 Å². The van der Waals surface area contributed by atoms with Gasteiger partial charge in [0.1, 0.15) is 6.04 Å². The molecule has 0 heterocycles. The summed E-state index contributed by atoms with van der Waals surface area (Å²) < 4.78 is 9.99. The van der Waals surface area contributed by atoms with Crippen molar-refractivity contribution < 1.29 is 19.1 Å². The first kappa shape index (κ1) is 17.7. The maximum absolute atomic E-state index is 11.6. The first-order chi connectivity index (χ1) is 8.97. The second-order valence-corrected chi connectivity index (χ2v) is 5.09. The SMILES string of the molecule is CCCCCCOC(=O)[C@H](C)NC(=O)OCC(C)C. The lowest BCUT2D eigenvalue weighted by atomic mass is 10.2. The standard InChI is InChI=1S/C14H27NO4/c1-5-6-7-8-9-18-13(16)12(4)15-14(17)19-10-11(2)3/h11-12H,5-10H2,1-4H3,(H,15,17)/t12-/m0/s1. The summed E-state index contributed by atoms with van der Waals surface area (Å²) in [4.78, 5) is 22.9. The quantitative estimate of drug-likeness (QED) is 0.518. The van der Waals surface area contributed by atoms with Gasteiger partial charge in [0.05, 0.1) is 13.2 Å². The third-order valence-corrected chi connectivity index (χ3v) is 2.48. The average molecular weight is 273 g/mol. The number of amides is 1.